The Kier molecular flexibility index (Phi) is 7.43. The number of anilines is 1. The van der Waals surface area contributed by atoms with Gasteiger partial charge in [-0.25, -0.2) is 9.97 Å². The third-order valence-electron chi connectivity index (χ3n) is 4.37. The van der Waals surface area contributed by atoms with Crippen molar-refractivity contribution in [3.05, 3.63) is 48.2 Å². The third-order valence-corrected chi connectivity index (χ3v) is 6.14. The lowest BCUT2D eigenvalue weighted by Crippen LogP contribution is -2.25. The highest BCUT2D eigenvalue weighted by atomic mass is 32.2. The predicted octanol–water partition coefficient (Wildman–Crippen LogP) is 1.85. The van der Waals surface area contributed by atoms with Gasteiger partial charge in [-0.15, -0.1) is 0 Å². The summed E-state index contributed by atoms with van der Waals surface area (Å²) in [6, 6.07) is 11.1. The fraction of sp³-hybridized carbons (Fsp3) is 0.300. The summed E-state index contributed by atoms with van der Waals surface area (Å²) in [7, 11) is 0. The number of amides is 1. The summed E-state index contributed by atoms with van der Waals surface area (Å²) in [4.78, 5) is 28.0. The normalized spacial score (nSPS) is 16.5. The van der Waals surface area contributed by atoms with Crippen LogP contribution in [0, 0.1) is 0 Å². The van der Waals surface area contributed by atoms with Crippen molar-refractivity contribution in [2.45, 2.75) is 17.4 Å². The Morgan fingerprint density at radius 3 is 3.00 bits per heavy atom. The Labute approximate surface area is 187 Å². The van der Waals surface area contributed by atoms with E-state index in [-0.39, 0.29) is 18.4 Å². The Balaban J connectivity index is 1.52. The number of carbonyl (C=O) groups is 1. The van der Waals surface area contributed by atoms with E-state index >= 15 is 0 Å². The van der Waals surface area contributed by atoms with Crippen LogP contribution in [0.1, 0.15) is 12.0 Å². The second-order valence-corrected chi connectivity index (χ2v) is 8.60. The zero-order valence-electron chi connectivity index (χ0n) is 16.5. The van der Waals surface area contributed by atoms with Gasteiger partial charge >= 0.3 is 0 Å². The van der Waals surface area contributed by atoms with Crippen molar-refractivity contribution in [3.8, 4) is 0 Å². The van der Waals surface area contributed by atoms with Gasteiger partial charge in [0.15, 0.2) is 23.1 Å². The van der Waals surface area contributed by atoms with Gasteiger partial charge in [-0.3, -0.25) is 14.8 Å². The first-order valence-corrected chi connectivity index (χ1v) is 11.4. The molecule has 4 rings (SSSR count). The number of aromatic amines is 1. The maximum Gasteiger partial charge on any atom is 0.289 e. The first-order valence-electron chi connectivity index (χ1n) is 9.74. The van der Waals surface area contributed by atoms with E-state index in [4.69, 9.17) is 14.7 Å². The van der Waals surface area contributed by atoms with Gasteiger partial charge in [0, 0.05) is 29.5 Å². The van der Waals surface area contributed by atoms with Crippen molar-refractivity contribution in [1.82, 2.24) is 9.71 Å². The molecule has 1 aliphatic rings. The quantitative estimate of drug-likeness (QED) is 0.193. The number of nitrogens with one attached hydrogen (secondary N) is 3. The number of H-pyrrole nitrogens is 1. The number of hydrogen-bond donors (Lipinski definition) is 3. The Morgan fingerprint density at radius 2 is 2.26 bits per heavy atom. The molecule has 1 aliphatic heterocycles. The molecule has 0 bridgehead atoms. The van der Waals surface area contributed by atoms with Crippen LogP contribution in [0.2, 0.25) is 0 Å². The van der Waals surface area contributed by atoms with Crippen LogP contribution in [-0.2, 0) is 14.4 Å². The lowest BCUT2D eigenvalue weighted by atomic mass is 10.1. The number of aliphatic hydroxyl groups is 1. The molecule has 0 radical (unpaired) electrons. The van der Waals surface area contributed by atoms with Gasteiger partial charge in [0.05, 0.1) is 19.8 Å². The molecule has 1 aromatic carbocycles. The Hall–Kier alpha value is -2.57. The summed E-state index contributed by atoms with van der Waals surface area (Å²) in [6.45, 7) is 1.63. The number of pyridine rings is 1. The van der Waals surface area contributed by atoms with Crippen LogP contribution in [0.25, 0.3) is 10.3 Å². The molecule has 3 aromatic rings. The van der Waals surface area contributed by atoms with Crippen molar-refractivity contribution in [2.75, 3.05) is 31.7 Å². The van der Waals surface area contributed by atoms with Gasteiger partial charge in [-0.05, 0) is 41.5 Å². The zero-order valence-corrected chi connectivity index (χ0v) is 18.2. The van der Waals surface area contributed by atoms with Gasteiger partial charge in [0.2, 0.25) is 0 Å². The minimum absolute atomic E-state index is 0.0633. The molecule has 4 N–H and O–H groups in total. The summed E-state index contributed by atoms with van der Waals surface area (Å²) in [5.41, 5.74) is 1.56. The van der Waals surface area contributed by atoms with E-state index in [9.17, 15) is 4.79 Å². The molecule has 1 saturated heterocycles. The average molecular weight is 461 g/mol. The first-order chi connectivity index (χ1) is 15.2. The first kappa shape index (κ1) is 21.7. The molecule has 11 heteroatoms. The van der Waals surface area contributed by atoms with Gasteiger partial charge in [-0.2, -0.15) is 0 Å². The smallest absolute Gasteiger partial charge is 0.289 e. The summed E-state index contributed by atoms with van der Waals surface area (Å²) >= 11 is 2.75. The van der Waals surface area contributed by atoms with Gasteiger partial charge in [0.25, 0.3) is 10.7 Å². The van der Waals surface area contributed by atoms with Crippen molar-refractivity contribution in [3.63, 3.8) is 0 Å². The van der Waals surface area contributed by atoms with Crippen molar-refractivity contribution in [1.29, 1.82) is 0 Å². The van der Waals surface area contributed by atoms with Crippen LogP contribution in [-0.4, -0.2) is 54.2 Å². The second-order valence-electron chi connectivity index (χ2n) is 6.63. The summed E-state index contributed by atoms with van der Waals surface area (Å²) in [5.74, 6) is -0.406. The Morgan fingerprint density at radius 1 is 1.39 bits per heavy atom. The number of rotatable bonds is 9. The van der Waals surface area contributed by atoms with Crippen LogP contribution < -0.4 is 15.0 Å². The van der Waals surface area contributed by atoms with Gasteiger partial charge in [-0.1, -0.05) is 17.3 Å². The van der Waals surface area contributed by atoms with Crippen LogP contribution in [0.5, 0.6) is 0 Å². The second kappa shape index (κ2) is 10.6. The molecule has 0 saturated carbocycles. The number of aliphatic hydroxyl groups excluding tert-OH is 1. The molecular formula is C20H22N5O4S2+. The molecular weight excluding hydrogens is 438 g/mol. The predicted molar refractivity (Wildman–Crippen MR) is 119 cm³/mol. The van der Waals surface area contributed by atoms with Crippen LogP contribution >= 0.6 is 23.3 Å². The highest BCUT2D eigenvalue weighted by molar-refractivity contribution is 7.97. The van der Waals surface area contributed by atoms with E-state index in [2.05, 4.69) is 25.2 Å². The molecule has 0 spiro atoms. The number of aromatic nitrogens is 2. The lowest BCUT2D eigenvalue weighted by molar-refractivity contribution is -0.341. The molecule has 0 unspecified atom stereocenters. The maximum atomic E-state index is 13.0. The fourth-order valence-corrected chi connectivity index (χ4v) is 4.29. The molecule has 9 nitrogen and oxygen atoms in total. The molecule has 31 heavy (non-hydrogen) atoms. The maximum absolute atomic E-state index is 13.0. The minimum Gasteiger partial charge on any atom is -0.395 e. The van der Waals surface area contributed by atoms with E-state index in [1.54, 1.807) is 0 Å². The monoisotopic (exact) mass is 460 g/mol. The van der Waals surface area contributed by atoms with Crippen LogP contribution in [0.15, 0.2) is 52.6 Å². The number of oxime groups is 1. The molecule has 1 atom stereocenters. The zero-order chi connectivity index (χ0) is 21.5. The topological polar surface area (TPSA) is 119 Å². The lowest BCUT2D eigenvalue weighted by Gasteiger charge is -2.10. The fourth-order valence-electron chi connectivity index (χ4n) is 2.83. The van der Waals surface area contributed by atoms with Crippen molar-refractivity contribution < 1.29 is 24.5 Å². The highest BCUT2D eigenvalue weighted by Gasteiger charge is 2.21. The number of ether oxygens (including phenoxy) is 1. The van der Waals surface area contributed by atoms with E-state index in [1.165, 1.54) is 23.3 Å². The number of fused-ring (bicyclic) bond motifs is 1. The number of carbonyl (C=O) groups excluding carboxylic acids is 1. The van der Waals surface area contributed by atoms with Crippen LogP contribution in [0.3, 0.4) is 0 Å². The molecule has 1 amide bonds. The van der Waals surface area contributed by atoms with Crippen molar-refractivity contribution in [2.24, 2.45) is 5.16 Å². The minimum atomic E-state index is -0.406. The van der Waals surface area contributed by atoms with Gasteiger partial charge in [0.1, 0.15) is 5.52 Å². The molecule has 3 heterocycles. The molecule has 1 fully saturated rings. The summed E-state index contributed by atoms with van der Waals surface area (Å²) in [5, 5.41) is 16.3. The molecule has 2 aromatic heterocycles. The van der Waals surface area contributed by atoms with E-state index < -0.39 is 5.91 Å². The van der Waals surface area contributed by atoms with E-state index in [1.807, 2.05) is 42.6 Å². The number of nitrogens with zero attached hydrogens (tertiary/aromatic N) is 2. The highest BCUT2D eigenvalue weighted by Crippen LogP contribution is 2.22. The number of thiazole rings is 1. The Bertz CT molecular complexity index is 1020. The SMILES string of the molecule is O=C(Nc1nc2ccc[nH+]c2s1)/C(=N/O[C@@H]1CCOC1)c1ccc(SNCCO)cc1. The number of hydrogen-bond acceptors (Lipinski definition) is 9. The third kappa shape index (κ3) is 5.77. The van der Waals surface area contributed by atoms with Crippen LogP contribution in [0.4, 0.5) is 5.13 Å². The van der Waals surface area contributed by atoms with E-state index in [0.29, 0.717) is 30.5 Å². The van der Waals surface area contributed by atoms with Gasteiger partial charge < -0.3 is 14.7 Å². The van der Waals surface area contributed by atoms with Crippen molar-refractivity contribution >= 4 is 50.4 Å². The standard InChI is InChI=1S/C20H21N5O4S2/c26-10-9-22-31-15-5-3-13(4-6-15)17(25-29-14-7-11-28-12-14)18(27)24-20-23-16-2-1-8-21-19(16)30-20/h1-6,8,14,22,26H,7,9-12H2,(H,23,24,27)/p+1/b25-17+/t14-/m1/s1. The van der Waals surface area contributed by atoms with E-state index in [0.717, 1.165) is 21.7 Å². The molecule has 0 aliphatic carbocycles. The summed E-state index contributed by atoms with van der Waals surface area (Å²) in [6.07, 6.45) is 2.38. The average Bonchev–Trinajstić information content (AvgIpc) is 3.44. The largest absolute Gasteiger partial charge is 0.395 e. The summed E-state index contributed by atoms with van der Waals surface area (Å²) < 4.78 is 8.35. The number of benzene rings is 1. The molecule has 162 valence electrons.